The normalized spacial score (nSPS) is 26.3. The molecule has 1 aromatic heterocycles. The minimum atomic E-state index is -0.586. The Kier molecular flexibility index (Phi) is 5.10. The average molecular weight is 370 g/mol. The Morgan fingerprint density at radius 2 is 2.26 bits per heavy atom. The van der Waals surface area contributed by atoms with Gasteiger partial charge < -0.3 is 10.4 Å². The van der Waals surface area contributed by atoms with E-state index in [0.29, 0.717) is 16.4 Å². The number of aliphatic hydroxyl groups excluding tert-OH is 1. The molecule has 1 aromatic rings. The van der Waals surface area contributed by atoms with Crippen molar-refractivity contribution in [2.45, 2.75) is 12.1 Å². The Hall–Kier alpha value is -1.29. The molecule has 2 saturated heterocycles. The number of amides is 3. The molecule has 6 nitrogen and oxygen atoms in total. The first-order valence-corrected chi connectivity index (χ1v) is 9.74. The second-order valence-electron chi connectivity index (χ2n) is 5.06. The van der Waals surface area contributed by atoms with Crippen molar-refractivity contribution in [1.29, 1.82) is 0 Å². The number of hydrogen-bond donors (Lipinski definition) is 2. The number of rotatable bonds is 4. The molecule has 9 heteroatoms. The molecule has 122 valence electrons. The molecular formula is C14H14N2O4S3. The van der Waals surface area contributed by atoms with E-state index >= 15 is 0 Å². The van der Waals surface area contributed by atoms with Crippen molar-refractivity contribution < 1.29 is 19.5 Å². The summed E-state index contributed by atoms with van der Waals surface area (Å²) in [5, 5.41) is 13.8. The van der Waals surface area contributed by atoms with Gasteiger partial charge in [-0.05, 0) is 29.3 Å². The Morgan fingerprint density at radius 3 is 2.91 bits per heavy atom. The summed E-state index contributed by atoms with van der Waals surface area (Å²) < 4.78 is 0. The lowest BCUT2D eigenvalue weighted by Crippen LogP contribution is -2.47. The van der Waals surface area contributed by atoms with Crippen LogP contribution in [0.1, 0.15) is 4.88 Å². The van der Waals surface area contributed by atoms with Gasteiger partial charge in [0.05, 0.1) is 17.1 Å². The molecule has 2 N–H and O–H groups in total. The van der Waals surface area contributed by atoms with E-state index in [9.17, 15) is 19.5 Å². The van der Waals surface area contributed by atoms with Crippen molar-refractivity contribution in [2.24, 2.45) is 0 Å². The van der Waals surface area contributed by atoms with Crippen LogP contribution in [0.25, 0.3) is 6.08 Å². The van der Waals surface area contributed by atoms with E-state index in [-0.39, 0.29) is 12.6 Å². The number of aliphatic hydroxyl groups is 1. The van der Waals surface area contributed by atoms with Crippen LogP contribution in [0.5, 0.6) is 0 Å². The van der Waals surface area contributed by atoms with Gasteiger partial charge in [-0.25, -0.2) is 0 Å². The minimum absolute atomic E-state index is 0.319. The monoisotopic (exact) mass is 370 g/mol. The Balaban J connectivity index is 1.62. The summed E-state index contributed by atoms with van der Waals surface area (Å²) in [4.78, 5) is 38.4. The van der Waals surface area contributed by atoms with Crippen LogP contribution < -0.4 is 5.32 Å². The van der Waals surface area contributed by atoms with Crippen LogP contribution in [0.2, 0.25) is 0 Å². The average Bonchev–Trinajstić information content (AvgIpc) is 3.20. The summed E-state index contributed by atoms with van der Waals surface area (Å²) in [5.74, 6) is 0.324. The van der Waals surface area contributed by atoms with Crippen LogP contribution in [0, 0.1) is 0 Å². The van der Waals surface area contributed by atoms with Crippen LogP contribution in [0.4, 0.5) is 4.79 Å². The van der Waals surface area contributed by atoms with Gasteiger partial charge >= 0.3 is 0 Å². The van der Waals surface area contributed by atoms with E-state index < -0.39 is 23.2 Å². The summed E-state index contributed by atoms with van der Waals surface area (Å²) in [6.07, 6.45) is 1.07. The van der Waals surface area contributed by atoms with Crippen LogP contribution in [0.3, 0.4) is 0 Å². The first kappa shape index (κ1) is 16.6. The number of carbonyl (C=O) groups is 3. The zero-order chi connectivity index (χ0) is 16.4. The van der Waals surface area contributed by atoms with Gasteiger partial charge in [-0.3, -0.25) is 19.3 Å². The molecule has 2 atom stereocenters. The molecule has 2 fully saturated rings. The third-order valence-corrected chi connectivity index (χ3v) is 6.29. The molecule has 0 bridgehead atoms. The molecule has 0 aliphatic carbocycles. The van der Waals surface area contributed by atoms with Crippen LogP contribution in [-0.4, -0.2) is 57.3 Å². The van der Waals surface area contributed by atoms with Crippen LogP contribution >= 0.6 is 34.9 Å². The summed E-state index contributed by atoms with van der Waals surface area (Å²) in [6, 6.07) is 3.39. The Labute approximate surface area is 145 Å². The predicted molar refractivity (Wildman–Crippen MR) is 92.3 cm³/mol. The maximum Gasteiger partial charge on any atom is 0.294 e. The number of nitrogens with zero attached hydrogens (tertiary/aromatic N) is 1. The highest BCUT2D eigenvalue weighted by Crippen LogP contribution is 2.32. The molecule has 0 aromatic carbocycles. The van der Waals surface area contributed by atoms with E-state index in [2.05, 4.69) is 5.32 Å². The lowest BCUT2D eigenvalue weighted by atomic mass is 10.2. The van der Waals surface area contributed by atoms with Gasteiger partial charge in [0.2, 0.25) is 5.91 Å². The van der Waals surface area contributed by atoms with E-state index in [4.69, 9.17) is 0 Å². The number of nitrogens with one attached hydrogen (secondary N) is 1. The van der Waals surface area contributed by atoms with Gasteiger partial charge in [0.15, 0.2) is 0 Å². The molecule has 3 amide bonds. The second-order valence-corrected chi connectivity index (χ2v) is 8.11. The second kappa shape index (κ2) is 7.08. The zero-order valence-corrected chi connectivity index (χ0v) is 14.4. The lowest BCUT2D eigenvalue weighted by Gasteiger charge is -2.18. The van der Waals surface area contributed by atoms with Crippen molar-refractivity contribution in [1.82, 2.24) is 10.2 Å². The zero-order valence-electron chi connectivity index (χ0n) is 11.9. The van der Waals surface area contributed by atoms with Gasteiger partial charge in [-0.1, -0.05) is 6.07 Å². The first-order chi connectivity index (χ1) is 11.0. The molecule has 0 unspecified atom stereocenters. The van der Waals surface area contributed by atoms with Gasteiger partial charge in [0, 0.05) is 16.4 Å². The Morgan fingerprint density at radius 1 is 1.43 bits per heavy atom. The highest BCUT2D eigenvalue weighted by atomic mass is 32.2. The number of carbonyl (C=O) groups excluding carboxylic acids is 3. The van der Waals surface area contributed by atoms with Crippen molar-refractivity contribution in [3.05, 3.63) is 27.3 Å². The standard InChI is InChI=1S/C14H14N2O4S3/c17-10-7-21-6-9(10)15-12(18)5-16-13(19)11(23-14(16)20)4-8-2-1-3-22-8/h1-4,9-10,17H,5-7H2,(H,15,18)/b11-4-/t9-,10-/m0/s1. The van der Waals surface area contributed by atoms with Crippen molar-refractivity contribution in [3.8, 4) is 0 Å². The quantitative estimate of drug-likeness (QED) is 0.779. The molecule has 3 rings (SSSR count). The third-order valence-electron chi connectivity index (χ3n) is 3.39. The lowest BCUT2D eigenvalue weighted by molar-refractivity contribution is -0.129. The van der Waals surface area contributed by atoms with E-state index in [1.165, 1.54) is 11.3 Å². The van der Waals surface area contributed by atoms with E-state index in [1.807, 2.05) is 17.5 Å². The van der Waals surface area contributed by atoms with Gasteiger partial charge in [0.25, 0.3) is 11.1 Å². The van der Waals surface area contributed by atoms with Crippen molar-refractivity contribution >= 4 is 58.0 Å². The van der Waals surface area contributed by atoms with Gasteiger partial charge in [0.1, 0.15) is 6.54 Å². The highest BCUT2D eigenvalue weighted by molar-refractivity contribution is 8.18. The molecule has 0 saturated carbocycles. The molecule has 2 aliphatic rings. The summed E-state index contributed by atoms with van der Waals surface area (Å²) in [5.41, 5.74) is 0. The molecule has 23 heavy (non-hydrogen) atoms. The molecule has 2 aliphatic heterocycles. The molecular weight excluding hydrogens is 356 g/mol. The van der Waals surface area contributed by atoms with Gasteiger partial charge in [-0.2, -0.15) is 11.8 Å². The maximum absolute atomic E-state index is 12.3. The molecule has 0 radical (unpaired) electrons. The van der Waals surface area contributed by atoms with Crippen LogP contribution in [-0.2, 0) is 9.59 Å². The van der Waals surface area contributed by atoms with Crippen molar-refractivity contribution in [3.63, 3.8) is 0 Å². The fraction of sp³-hybridized carbons (Fsp3) is 0.357. The first-order valence-electron chi connectivity index (χ1n) is 6.88. The number of imide groups is 1. The SMILES string of the molecule is O=C(CN1C(=O)S/C(=C\c2cccs2)C1=O)N[C@H]1CSC[C@@H]1O. The number of thioether (sulfide) groups is 2. The van der Waals surface area contributed by atoms with Crippen molar-refractivity contribution in [2.75, 3.05) is 18.1 Å². The predicted octanol–water partition coefficient (Wildman–Crippen LogP) is 1.38. The highest BCUT2D eigenvalue weighted by Gasteiger charge is 2.37. The fourth-order valence-corrected chi connectivity index (χ4v) is 4.95. The topological polar surface area (TPSA) is 86.7 Å². The summed E-state index contributed by atoms with van der Waals surface area (Å²) in [6.45, 7) is -0.319. The number of hydrogen-bond acceptors (Lipinski definition) is 7. The summed E-state index contributed by atoms with van der Waals surface area (Å²) in [7, 11) is 0. The van der Waals surface area contributed by atoms with E-state index in [0.717, 1.165) is 21.5 Å². The molecule has 0 spiro atoms. The van der Waals surface area contributed by atoms with Crippen LogP contribution in [0.15, 0.2) is 22.4 Å². The summed E-state index contributed by atoms with van der Waals surface area (Å²) >= 11 is 3.86. The Bertz CT molecular complexity index is 659. The third kappa shape index (κ3) is 3.79. The minimum Gasteiger partial charge on any atom is -0.390 e. The van der Waals surface area contributed by atoms with E-state index in [1.54, 1.807) is 17.8 Å². The number of thiophene rings is 1. The fourth-order valence-electron chi connectivity index (χ4n) is 2.22. The largest absolute Gasteiger partial charge is 0.390 e. The molecule has 3 heterocycles. The van der Waals surface area contributed by atoms with Gasteiger partial charge in [-0.15, -0.1) is 11.3 Å². The maximum atomic E-state index is 12.3. The smallest absolute Gasteiger partial charge is 0.294 e.